The van der Waals surface area contributed by atoms with Crippen LogP contribution in [0.2, 0.25) is 0 Å². The molecule has 6 nitrogen and oxygen atoms in total. The Hall–Kier alpha value is -3.23. The summed E-state index contributed by atoms with van der Waals surface area (Å²) in [6, 6.07) is 15.6. The van der Waals surface area contributed by atoms with Crippen LogP contribution in [0, 0.1) is 13.8 Å². The number of ether oxygens (including phenoxy) is 2. The van der Waals surface area contributed by atoms with Gasteiger partial charge in [0.1, 0.15) is 9.88 Å². The number of nitrogens with zero attached hydrogens (tertiary/aromatic N) is 2. The SMILES string of the molecule is COc1ccc(-c2nc(C)c(C(=O)Nc3nc(C)c(-c4ccccc4)s3)s2)cc1OC. The number of aromatic nitrogens is 2. The molecule has 1 N–H and O–H groups in total. The lowest BCUT2D eigenvalue weighted by Crippen LogP contribution is -2.11. The third kappa shape index (κ3) is 4.30. The average molecular weight is 452 g/mol. The monoisotopic (exact) mass is 451 g/mol. The Balaban J connectivity index is 1.58. The Labute approximate surface area is 188 Å². The Morgan fingerprint density at radius 1 is 0.871 bits per heavy atom. The van der Waals surface area contributed by atoms with E-state index in [2.05, 4.69) is 15.3 Å². The van der Waals surface area contributed by atoms with Crippen molar-refractivity contribution in [3.8, 4) is 32.5 Å². The van der Waals surface area contributed by atoms with Crippen molar-refractivity contribution in [2.24, 2.45) is 0 Å². The van der Waals surface area contributed by atoms with Gasteiger partial charge in [-0.25, -0.2) is 9.97 Å². The van der Waals surface area contributed by atoms with Crippen LogP contribution in [0.5, 0.6) is 11.5 Å². The highest BCUT2D eigenvalue weighted by molar-refractivity contribution is 7.19. The molecule has 1 amide bonds. The smallest absolute Gasteiger partial charge is 0.269 e. The zero-order chi connectivity index (χ0) is 22.0. The van der Waals surface area contributed by atoms with Gasteiger partial charge in [-0.2, -0.15) is 0 Å². The first-order chi connectivity index (χ1) is 15.0. The van der Waals surface area contributed by atoms with Crippen molar-refractivity contribution in [2.75, 3.05) is 19.5 Å². The number of thiazole rings is 2. The zero-order valence-corrected chi connectivity index (χ0v) is 19.2. The molecule has 0 unspecified atom stereocenters. The molecule has 2 heterocycles. The van der Waals surface area contributed by atoms with E-state index in [-0.39, 0.29) is 5.91 Å². The number of nitrogens with one attached hydrogen (secondary N) is 1. The fourth-order valence-corrected chi connectivity index (χ4v) is 5.09. The van der Waals surface area contributed by atoms with Gasteiger partial charge in [0, 0.05) is 5.56 Å². The van der Waals surface area contributed by atoms with Crippen LogP contribution in [0.1, 0.15) is 21.1 Å². The standard InChI is InChI=1S/C23H21N3O3S2/c1-13-19(15-8-6-5-7-9-15)31-23(25-13)26-21(27)20-14(2)24-22(30-20)16-10-11-17(28-3)18(12-16)29-4/h5-12H,1-4H3,(H,25,26,27). The minimum absolute atomic E-state index is 0.213. The number of benzene rings is 2. The van der Waals surface area contributed by atoms with Crippen molar-refractivity contribution in [3.05, 3.63) is 64.8 Å². The van der Waals surface area contributed by atoms with Gasteiger partial charge in [-0.3, -0.25) is 10.1 Å². The lowest BCUT2D eigenvalue weighted by Gasteiger charge is -2.08. The summed E-state index contributed by atoms with van der Waals surface area (Å²) in [7, 11) is 3.18. The Bertz CT molecular complexity index is 1230. The molecular formula is C23H21N3O3S2. The highest BCUT2D eigenvalue weighted by Crippen LogP contribution is 2.36. The van der Waals surface area contributed by atoms with Crippen molar-refractivity contribution in [2.45, 2.75) is 13.8 Å². The van der Waals surface area contributed by atoms with Crippen molar-refractivity contribution < 1.29 is 14.3 Å². The van der Waals surface area contributed by atoms with E-state index in [0.717, 1.165) is 26.7 Å². The second kappa shape index (κ2) is 8.87. The van der Waals surface area contributed by atoms with Crippen LogP contribution in [0.15, 0.2) is 48.5 Å². The van der Waals surface area contributed by atoms with Crippen molar-refractivity contribution >= 4 is 33.7 Å². The largest absolute Gasteiger partial charge is 0.493 e. The zero-order valence-electron chi connectivity index (χ0n) is 17.6. The first-order valence-electron chi connectivity index (χ1n) is 9.54. The van der Waals surface area contributed by atoms with Gasteiger partial charge in [0.05, 0.1) is 30.5 Å². The molecule has 0 bridgehead atoms. The van der Waals surface area contributed by atoms with Gasteiger partial charge in [0.25, 0.3) is 5.91 Å². The second-order valence-electron chi connectivity index (χ2n) is 6.76. The van der Waals surface area contributed by atoms with Gasteiger partial charge in [-0.1, -0.05) is 41.7 Å². The van der Waals surface area contributed by atoms with Crippen LogP contribution in [0.4, 0.5) is 5.13 Å². The molecular weight excluding hydrogens is 430 g/mol. The van der Waals surface area contributed by atoms with Crippen LogP contribution in [-0.4, -0.2) is 30.1 Å². The third-order valence-electron chi connectivity index (χ3n) is 4.69. The van der Waals surface area contributed by atoms with E-state index in [1.165, 1.54) is 22.7 Å². The second-order valence-corrected chi connectivity index (χ2v) is 8.76. The summed E-state index contributed by atoms with van der Waals surface area (Å²) in [6.45, 7) is 3.78. The molecule has 0 fully saturated rings. The summed E-state index contributed by atoms with van der Waals surface area (Å²) < 4.78 is 10.7. The normalized spacial score (nSPS) is 10.7. The number of carbonyl (C=O) groups excluding carboxylic acids is 1. The van der Waals surface area contributed by atoms with Crippen molar-refractivity contribution in [1.82, 2.24) is 9.97 Å². The van der Waals surface area contributed by atoms with Gasteiger partial charge in [-0.05, 0) is 37.6 Å². The fraction of sp³-hybridized carbons (Fsp3) is 0.174. The molecule has 158 valence electrons. The van der Waals surface area contributed by atoms with Crippen molar-refractivity contribution in [3.63, 3.8) is 0 Å². The Morgan fingerprint density at radius 2 is 1.61 bits per heavy atom. The summed E-state index contributed by atoms with van der Waals surface area (Å²) in [5.74, 6) is 1.05. The molecule has 0 radical (unpaired) electrons. The summed E-state index contributed by atoms with van der Waals surface area (Å²) in [6.07, 6.45) is 0. The van der Waals surface area contributed by atoms with Gasteiger partial charge >= 0.3 is 0 Å². The van der Waals surface area contributed by atoms with Gasteiger partial charge < -0.3 is 9.47 Å². The molecule has 0 spiro atoms. The van der Waals surface area contributed by atoms with Crippen LogP contribution in [-0.2, 0) is 0 Å². The lowest BCUT2D eigenvalue weighted by atomic mass is 10.2. The van der Waals surface area contributed by atoms with E-state index in [1.54, 1.807) is 14.2 Å². The van der Waals surface area contributed by atoms with Gasteiger partial charge in [-0.15, -0.1) is 11.3 Å². The summed E-state index contributed by atoms with van der Waals surface area (Å²) in [5.41, 5.74) is 3.51. The molecule has 4 rings (SSSR count). The highest BCUT2D eigenvalue weighted by Gasteiger charge is 2.19. The molecule has 0 aliphatic carbocycles. The van der Waals surface area contributed by atoms with Crippen LogP contribution in [0.25, 0.3) is 21.0 Å². The Morgan fingerprint density at radius 3 is 2.32 bits per heavy atom. The molecule has 0 aliphatic rings. The number of amides is 1. The number of rotatable bonds is 6. The average Bonchev–Trinajstić information content (AvgIpc) is 3.36. The molecule has 0 saturated carbocycles. The molecule has 2 aromatic carbocycles. The molecule has 8 heteroatoms. The number of hydrogen-bond donors (Lipinski definition) is 1. The van der Waals surface area contributed by atoms with E-state index < -0.39 is 0 Å². The third-order valence-corrected chi connectivity index (χ3v) is 7.01. The first kappa shape index (κ1) is 21.0. The summed E-state index contributed by atoms with van der Waals surface area (Å²) in [5, 5.41) is 4.24. The van der Waals surface area contributed by atoms with Crippen LogP contribution in [0.3, 0.4) is 0 Å². The van der Waals surface area contributed by atoms with Crippen LogP contribution < -0.4 is 14.8 Å². The molecule has 0 saturated heterocycles. The fourth-order valence-electron chi connectivity index (χ4n) is 3.16. The predicted octanol–water partition coefficient (Wildman–Crippen LogP) is 5.82. The topological polar surface area (TPSA) is 73.3 Å². The van der Waals surface area contributed by atoms with E-state index in [4.69, 9.17) is 9.47 Å². The van der Waals surface area contributed by atoms with Crippen LogP contribution >= 0.6 is 22.7 Å². The van der Waals surface area contributed by atoms with E-state index in [1.807, 2.05) is 62.4 Å². The van der Waals surface area contributed by atoms with E-state index in [0.29, 0.717) is 27.2 Å². The quantitative estimate of drug-likeness (QED) is 0.400. The van der Waals surface area contributed by atoms with E-state index in [9.17, 15) is 4.79 Å². The number of methoxy groups -OCH3 is 2. The minimum Gasteiger partial charge on any atom is -0.493 e. The summed E-state index contributed by atoms with van der Waals surface area (Å²) >= 11 is 2.80. The molecule has 2 aromatic heterocycles. The Kier molecular flexibility index (Phi) is 6.01. The molecule has 31 heavy (non-hydrogen) atoms. The molecule has 0 aliphatic heterocycles. The summed E-state index contributed by atoms with van der Waals surface area (Å²) in [4.78, 5) is 23.7. The molecule has 0 atom stereocenters. The maximum atomic E-state index is 12.9. The van der Waals surface area contributed by atoms with Gasteiger partial charge in [0.15, 0.2) is 16.6 Å². The van der Waals surface area contributed by atoms with Crippen molar-refractivity contribution in [1.29, 1.82) is 0 Å². The van der Waals surface area contributed by atoms with Gasteiger partial charge in [0.2, 0.25) is 0 Å². The number of anilines is 1. The predicted molar refractivity (Wildman–Crippen MR) is 126 cm³/mol. The number of aryl methyl sites for hydroxylation is 2. The highest BCUT2D eigenvalue weighted by atomic mass is 32.1. The first-order valence-corrected chi connectivity index (χ1v) is 11.2. The number of carbonyl (C=O) groups is 1. The number of hydrogen-bond acceptors (Lipinski definition) is 7. The molecule has 4 aromatic rings. The lowest BCUT2D eigenvalue weighted by molar-refractivity contribution is 0.103. The maximum absolute atomic E-state index is 12.9. The minimum atomic E-state index is -0.213. The van der Waals surface area contributed by atoms with E-state index >= 15 is 0 Å². The maximum Gasteiger partial charge on any atom is 0.269 e.